The number of hydrogen-bond acceptors (Lipinski definition) is 4. The van der Waals surface area contributed by atoms with Crippen LogP contribution in [0.3, 0.4) is 0 Å². The number of methoxy groups -OCH3 is 1. The van der Waals surface area contributed by atoms with Crippen LogP contribution in [-0.2, 0) is 11.2 Å². The van der Waals surface area contributed by atoms with Crippen LogP contribution in [0.1, 0.15) is 40.7 Å². The van der Waals surface area contributed by atoms with Crippen molar-refractivity contribution in [3.63, 3.8) is 0 Å². The summed E-state index contributed by atoms with van der Waals surface area (Å²) in [5.41, 5.74) is 1.45. The molecule has 0 aliphatic heterocycles. The van der Waals surface area contributed by atoms with Gasteiger partial charge in [-0.2, -0.15) is 0 Å². The first kappa shape index (κ1) is 16.5. The van der Waals surface area contributed by atoms with Crippen molar-refractivity contribution in [3.05, 3.63) is 52.2 Å². The van der Waals surface area contributed by atoms with Crippen LogP contribution in [0, 0.1) is 6.92 Å². The predicted octanol–water partition coefficient (Wildman–Crippen LogP) is 3.32. The molecule has 0 aliphatic rings. The number of benzene rings is 1. The second kappa shape index (κ2) is 7.42. The molecule has 1 atom stereocenters. The third kappa shape index (κ3) is 3.87. The van der Waals surface area contributed by atoms with Crippen LogP contribution in [-0.4, -0.2) is 24.6 Å². The summed E-state index contributed by atoms with van der Waals surface area (Å²) in [6.45, 7) is 4.01. The Labute approximate surface area is 134 Å². The van der Waals surface area contributed by atoms with E-state index in [0.29, 0.717) is 29.6 Å². The molecule has 0 spiro atoms. The number of oxazole rings is 1. The van der Waals surface area contributed by atoms with Gasteiger partial charge in [-0.05, 0) is 24.6 Å². The van der Waals surface area contributed by atoms with Crippen molar-refractivity contribution >= 4 is 17.5 Å². The molecule has 1 amide bonds. The van der Waals surface area contributed by atoms with Crippen molar-refractivity contribution in [1.29, 1.82) is 0 Å². The van der Waals surface area contributed by atoms with E-state index in [1.54, 1.807) is 26.2 Å². The average Bonchev–Trinajstić information content (AvgIpc) is 2.88. The number of amides is 1. The number of nitrogens with zero attached hydrogens (tertiary/aromatic N) is 1. The lowest BCUT2D eigenvalue weighted by Gasteiger charge is -2.18. The van der Waals surface area contributed by atoms with Gasteiger partial charge in [0.2, 0.25) is 5.76 Å². The number of carbonyl (C=O) groups excluding carboxylic acids is 1. The van der Waals surface area contributed by atoms with Crippen molar-refractivity contribution in [1.82, 2.24) is 10.3 Å². The van der Waals surface area contributed by atoms with E-state index in [9.17, 15) is 4.79 Å². The van der Waals surface area contributed by atoms with Crippen LogP contribution in [0.25, 0.3) is 0 Å². The first-order valence-corrected chi connectivity index (χ1v) is 7.44. The number of ether oxygens (including phenoxy) is 1. The fraction of sp³-hybridized carbons (Fsp3) is 0.375. The summed E-state index contributed by atoms with van der Waals surface area (Å²) >= 11 is 6.01. The molecule has 0 radical (unpaired) electrons. The van der Waals surface area contributed by atoms with E-state index in [1.165, 1.54) is 0 Å². The number of aromatic nitrogens is 1. The molecule has 1 aromatic carbocycles. The van der Waals surface area contributed by atoms with E-state index in [4.69, 9.17) is 20.8 Å². The van der Waals surface area contributed by atoms with Crippen LogP contribution >= 0.6 is 11.6 Å². The van der Waals surface area contributed by atoms with E-state index >= 15 is 0 Å². The van der Waals surface area contributed by atoms with E-state index in [2.05, 4.69) is 10.3 Å². The molecule has 0 bridgehead atoms. The van der Waals surface area contributed by atoms with Gasteiger partial charge in [-0.1, -0.05) is 30.7 Å². The Morgan fingerprint density at radius 3 is 2.86 bits per heavy atom. The highest BCUT2D eigenvalue weighted by Crippen LogP contribution is 2.19. The van der Waals surface area contributed by atoms with Gasteiger partial charge in [0.25, 0.3) is 5.91 Å². The normalized spacial score (nSPS) is 12.2. The molecule has 1 heterocycles. The molecule has 0 fully saturated rings. The Kier molecular flexibility index (Phi) is 5.57. The molecule has 0 saturated carbocycles. The van der Waals surface area contributed by atoms with E-state index in [1.807, 2.05) is 19.1 Å². The van der Waals surface area contributed by atoms with Gasteiger partial charge >= 0.3 is 0 Å². The molecule has 1 unspecified atom stereocenters. The largest absolute Gasteiger partial charge is 0.435 e. The van der Waals surface area contributed by atoms with Crippen LogP contribution < -0.4 is 5.32 Å². The third-order valence-electron chi connectivity index (χ3n) is 3.24. The quantitative estimate of drug-likeness (QED) is 0.886. The summed E-state index contributed by atoms with van der Waals surface area (Å²) in [5.74, 6) is 0.473. The molecule has 118 valence electrons. The van der Waals surface area contributed by atoms with Gasteiger partial charge in [-0.25, -0.2) is 4.98 Å². The van der Waals surface area contributed by atoms with Gasteiger partial charge in [0.1, 0.15) is 0 Å². The molecule has 22 heavy (non-hydrogen) atoms. The summed E-state index contributed by atoms with van der Waals surface area (Å²) in [7, 11) is 1.58. The lowest BCUT2D eigenvalue weighted by Crippen LogP contribution is -2.31. The van der Waals surface area contributed by atoms with Gasteiger partial charge in [0, 0.05) is 18.6 Å². The van der Waals surface area contributed by atoms with Crippen molar-refractivity contribution in [2.24, 2.45) is 0 Å². The average molecular weight is 323 g/mol. The Hall–Kier alpha value is -1.85. The first-order chi connectivity index (χ1) is 10.5. The Balaban J connectivity index is 2.20. The minimum Gasteiger partial charge on any atom is -0.435 e. The number of halogens is 1. The third-order valence-corrected chi connectivity index (χ3v) is 3.47. The van der Waals surface area contributed by atoms with Gasteiger partial charge in [0.05, 0.1) is 18.3 Å². The summed E-state index contributed by atoms with van der Waals surface area (Å²) in [6, 6.07) is 6.99. The zero-order valence-electron chi connectivity index (χ0n) is 12.9. The number of rotatable bonds is 6. The van der Waals surface area contributed by atoms with Crippen LogP contribution in [0.4, 0.5) is 0 Å². The smallest absolute Gasteiger partial charge is 0.289 e. The minimum absolute atomic E-state index is 0.236. The fourth-order valence-corrected chi connectivity index (χ4v) is 2.35. The highest BCUT2D eigenvalue weighted by Gasteiger charge is 2.21. The molecule has 1 N–H and O–H groups in total. The van der Waals surface area contributed by atoms with Crippen LogP contribution in [0.15, 0.2) is 28.7 Å². The lowest BCUT2D eigenvalue weighted by atomic mass is 10.1. The lowest BCUT2D eigenvalue weighted by molar-refractivity contribution is 0.0866. The van der Waals surface area contributed by atoms with Crippen molar-refractivity contribution < 1.29 is 13.9 Å². The molecular weight excluding hydrogens is 304 g/mol. The van der Waals surface area contributed by atoms with Gasteiger partial charge in [-0.3, -0.25) is 4.79 Å². The molecule has 2 rings (SSSR count). The molecule has 1 aromatic heterocycles. The van der Waals surface area contributed by atoms with Crippen LogP contribution in [0.5, 0.6) is 0 Å². The number of carbonyl (C=O) groups is 1. The van der Waals surface area contributed by atoms with Gasteiger partial charge in [-0.15, -0.1) is 0 Å². The maximum absolute atomic E-state index is 12.4. The summed E-state index contributed by atoms with van der Waals surface area (Å²) in [4.78, 5) is 16.6. The summed E-state index contributed by atoms with van der Waals surface area (Å²) in [5, 5.41) is 3.51. The van der Waals surface area contributed by atoms with E-state index in [0.717, 1.165) is 5.56 Å². The second-order valence-corrected chi connectivity index (χ2v) is 5.35. The SMILES string of the molecule is CCc1nc(C)c(C(=O)NC(COC)c2cccc(Cl)c2)o1. The predicted molar refractivity (Wildman–Crippen MR) is 84.2 cm³/mol. The molecule has 0 aliphatic carbocycles. The number of hydrogen-bond donors (Lipinski definition) is 1. The summed E-state index contributed by atoms with van der Waals surface area (Å²) in [6.07, 6.45) is 0.643. The second-order valence-electron chi connectivity index (χ2n) is 4.91. The molecule has 0 saturated heterocycles. The van der Waals surface area contributed by atoms with E-state index < -0.39 is 0 Å². The van der Waals surface area contributed by atoms with E-state index in [-0.39, 0.29) is 17.7 Å². The first-order valence-electron chi connectivity index (χ1n) is 7.06. The maximum atomic E-state index is 12.4. The Morgan fingerprint density at radius 1 is 1.50 bits per heavy atom. The van der Waals surface area contributed by atoms with Crippen molar-refractivity contribution in [3.8, 4) is 0 Å². The Bertz CT molecular complexity index is 655. The fourth-order valence-electron chi connectivity index (χ4n) is 2.15. The monoisotopic (exact) mass is 322 g/mol. The number of aryl methyl sites for hydroxylation is 2. The molecule has 6 heteroatoms. The highest BCUT2D eigenvalue weighted by molar-refractivity contribution is 6.30. The van der Waals surface area contributed by atoms with Gasteiger partial charge < -0.3 is 14.5 Å². The topological polar surface area (TPSA) is 64.4 Å². The maximum Gasteiger partial charge on any atom is 0.289 e. The van der Waals surface area contributed by atoms with Crippen molar-refractivity contribution in [2.75, 3.05) is 13.7 Å². The van der Waals surface area contributed by atoms with Gasteiger partial charge in [0.15, 0.2) is 5.89 Å². The standard InChI is InChI=1S/C16H19ClN2O3/c1-4-14-18-10(2)15(22-14)16(20)19-13(9-21-3)11-6-5-7-12(17)8-11/h5-8,13H,4,9H2,1-3H3,(H,19,20). The molecule has 2 aromatic rings. The molecular formula is C16H19ClN2O3. The minimum atomic E-state index is -0.314. The van der Waals surface area contributed by atoms with Crippen LogP contribution in [0.2, 0.25) is 5.02 Å². The zero-order chi connectivity index (χ0) is 16.1. The summed E-state index contributed by atoms with van der Waals surface area (Å²) < 4.78 is 10.7. The number of nitrogens with one attached hydrogen (secondary N) is 1. The molecule has 5 nitrogen and oxygen atoms in total. The Morgan fingerprint density at radius 2 is 2.27 bits per heavy atom. The van der Waals surface area contributed by atoms with Crippen molar-refractivity contribution in [2.45, 2.75) is 26.3 Å². The highest BCUT2D eigenvalue weighted by atomic mass is 35.5. The zero-order valence-corrected chi connectivity index (χ0v) is 13.6.